The molecule has 108 valence electrons. The summed E-state index contributed by atoms with van der Waals surface area (Å²) in [5.41, 5.74) is 4.28. The molecular weight excluding hydrogens is 270 g/mol. The van der Waals surface area contributed by atoms with Crippen LogP contribution in [0.25, 0.3) is 22.3 Å². The number of H-pyrrole nitrogens is 1. The van der Waals surface area contributed by atoms with Crippen molar-refractivity contribution in [3.05, 3.63) is 45.5 Å². The first-order valence-electron chi connectivity index (χ1n) is 6.58. The van der Waals surface area contributed by atoms with E-state index in [1.807, 2.05) is 26.8 Å². The monoisotopic (exact) mass is 285 g/mol. The van der Waals surface area contributed by atoms with Crippen molar-refractivity contribution < 1.29 is 9.05 Å². The van der Waals surface area contributed by atoms with Crippen molar-refractivity contribution in [2.75, 3.05) is 0 Å². The van der Waals surface area contributed by atoms with Crippen LogP contribution in [0, 0.1) is 27.7 Å². The Hall–Kier alpha value is -2.63. The summed E-state index contributed by atoms with van der Waals surface area (Å²) in [4.78, 5) is 14.9. The number of nitrogens with zero attached hydrogens (tertiary/aromatic N) is 2. The van der Waals surface area contributed by atoms with Crippen LogP contribution < -0.4 is 5.56 Å². The standard InChI is InChI=1S/C15H15N3O3/c1-7-13(9(3)20-17-7)11-5-12(15(19)16-6-11)14-8(2)18-21-10(14)4/h5-6H,1-4H3,(H,16,19). The van der Waals surface area contributed by atoms with Gasteiger partial charge in [-0.25, -0.2) is 0 Å². The fourth-order valence-electron chi connectivity index (χ4n) is 2.58. The molecule has 3 aromatic rings. The van der Waals surface area contributed by atoms with Crippen LogP contribution in [0.4, 0.5) is 0 Å². The average Bonchev–Trinajstić information content (AvgIpc) is 2.95. The number of aromatic amines is 1. The van der Waals surface area contributed by atoms with Crippen LogP contribution in [-0.2, 0) is 0 Å². The zero-order valence-corrected chi connectivity index (χ0v) is 12.3. The number of pyridine rings is 1. The van der Waals surface area contributed by atoms with Crippen LogP contribution >= 0.6 is 0 Å². The van der Waals surface area contributed by atoms with Gasteiger partial charge in [0.25, 0.3) is 5.56 Å². The molecule has 0 saturated carbocycles. The zero-order chi connectivity index (χ0) is 15.1. The van der Waals surface area contributed by atoms with Gasteiger partial charge in [-0.3, -0.25) is 4.79 Å². The van der Waals surface area contributed by atoms with E-state index in [9.17, 15) is 4.79 Å². The highest BCUT2D eigenvalue weighted by Crippen LogP contribution is 2.30. The second kappa shape index (κ2) is 4.73. The van der Waals surface area contributed by atoms with Crippen LogP contribution in [0.5, 0.6) is 0 Å². The number of aryl methyl sites for hydroxylation is 4. The number of hydrogen-bond donors (Lipinski definition) is 1. The van der Waals surface area contributed by atoms with E-state index in [-0.39, 0.29) is 5.56 Å². The maximum Gasteiger partial charge on any atom is 0.256 e. The van der Waals surface area contributed by atoms with Crippen LogP contribution in [0.3, 0.4) is 0 Å². The Labute approximate surface area is 120 Å². The third kappa shape index (κ3) is 2.08. The molecule has 6 heteroatoms. The van der Waals surface area contributed by atoms with E-state index < -0.39 is 0 Å². The van der Waals surface area contributed by atoms with Crippen molar-refractivity contribution in [1.82, 2.24) is 15.3 Å². The maximum absolute atomic E-state index is 12.1. The van der Waals surface area contributed by atoms with Gasteiger partial charge in [0.05, 0.1) is 22.5 Å². The Kier molecular flexibility index (Phi) is 3.01. The van der Waals surface area contributed by atoms with Crippen LogP contribution in [0.1, 0.15) is 22.9 Å². The molecule has 0 spiro atoms. The van der Waals surface area contributed by atoms with Gasteiger partial charge >= 0.3 is 0 Å². The number of rotatable bonds is 2. The smallest absolute Gasteiger partial charge is 0.256 e. The molecule has 1 N–H and O–H groups in total. The minimum Gasteiger partial charge on any atom is -0.361 e. The molecule has 21 heavy (non-hydrogen) atoms. The highest BCUT2D eigenvalue weighted by molar-refractivity contribution is 5.75. The fraction of sp³-hybridized carbons (Fsp3) is 0.267. The van der Waals surface area contributed by atoms with Crippen molar-refractivity contribution >= 4 is 0 Å². The maximum atomic E-state index is 12.1. The Morgan fingerprint density at radius 2 is 1.52 bits per heavy atom. The molecule has 0 unspecified atom stereocenters. The van der Waals surface area contributed by atoms with Gasteiger partial charge in [-0.05, 0) is 33.8 Å². The van der Waals surface area contributed by atoms with Gasteiger partial charge in [0.1, 0.15) is 11.5 Å². The first kappa shape index (κ1) is 13.4. The van der Waals surface area contributed by atoms with E-state index in [0.29, 0.717) is 22.8 Å². The second-order valence-corrected chi connectivity index (χ2v) is 5.03. The van der Waals surface area contributed by atoms with Gasteiger partial charge in [-0.1, -0.05) is 10.3 Å². The Morgan fingerprint density at radius 1 is 0.952 bits per heavy atom. The van der Waals surface area contributed by atoms with Crippen LogP contribution in [0.15, 0.2) is 26.1 Å². The molecule has 3 rings (SSSR count). The molecule has 0 aromatic carbocycles. The first-order valence-corrected chi connectivity index (χ1v) is 6.58. The van der Waals surface area contributed by atoms with E-state index >= 15 is 0 Å². The predicted octanol–water partition coefficient (Wildman–Crippen LogP) is 2.92. The summed E-state index contributed by atoms with van der Waals surface area (Å²) in [6, 6.07) is 1.82. The highest BCUT2D eigenvalue weighted by Gasteiger charge is 2.18. The summed E-state index contributed by atoms with van der Waals surface area (Å²) < 4.78 is 10.3. The van der Waals surface area contributed by atoms with Crippen molar-refractivity contribution in [3.8, 4) is 22.3 Å². The molecule has 6 nitrogen and oxygen atoms in total. The quantitative estimate of drug-likeness (QED) is 0.782. The second-order valence-electron chi connectivity index (χ2n) is 5.03. The molecule has 0 amide bonds. The molecule has 0 aliphatic rings. The lowest BCUT2D eigenvalue weighted by Crippen LogP contribution is -2.09. The lowest BCUT2D eigenvalue weighted by Gasteiger charge is -2.04. The van der Waals surface area contributed by atoms with E-state index in [4.69, 9.17) is 9.05 Å². The molecule has 0 aliphatic heterocycles. The minimum atomic E-state index is -0.181. The number of hydrogen-bond acceptors (Lipinski definition) is 5. The normalized spacial score (nSPS) is 11.0. The molecule has 0 bridgehead atoms. The van der Waals surface area contributed by atoms with Gasteiger partial charge in [0.15, 0.2) is 0 Å². The van der Waals surface area contributed by atoms with Gasteiger partial charge in [0.2, 0.25) is 0 Å². The third-order valence-electron chi connectivity index (χ3n) is 3.53. The van der Waals surface area contributed by atoms with E-state index in [2.05, 4.69) is 15.3 Å². The number of nitrogens with one attached hydrogen (secondary N) is 1. The molecule has 0 fully saturated rings. The molecule has 3 aromatic heterocycles. The Balaban J connectivity index is 2.25. The lowest BCUT2D eigenvalue weighted by atomic mass is 10.00. The predicted molar refractivity (Wildman–Crippen MR) is 77.0 cm³/mol. The summed E-state index contributed by atoms with van der Waals surface area (Å²) in [5.74, 6) is 1.33. The van der Waals surface area contributed by atoms with E-state index in [1.165, 1.54) is 0 Å². The number of aromatic nitrogens is 3. The summed E-state index contributed by atoms with van der Waals surface area (Å²) in [7, 11) is 0. The molecule has 3 heterocycles. The van der Waals surface area contributed by atoms with Gasteiger partial charge in [-0.2, -0.15) is 0 Å². The topological polar surface area (TPSA) is 84.9 Å². The van der Waals surface area contributed by atoms with Crippen molar-refractivity contribution in [1.29, 1.82) is 0 Å². The van der Waals surface area contributed by atoms with Crippen molar-refractivity contribution in [2.45, 2.75) is 27.7 Å². The Bertz CT molecular complexity index is 832. The molecular formula is C15H15N3O3. The first-order chi connectivity index (χ1) is 9.99. The molecule has 0 atom stereocenters. The molecule has 0 radical (unpaired) electrons. The van der Waals surface area contributed by atoms with Crippen molar-refractivity contribution in [3.63, 3.8) is 0 Å². The van der Waals surface area contributed by atoms with Gasteiger partial charge in [0, 0.05) is 17.3 Å². The van der Waals surface area contributed by atoms with Crippen LogP contribution in [0.2, 0.25) is 0 Å². The van der Waals surface area contributed by atoms with Gasteiger partial charge in [-0.15, -0.1) is 0 Å². The lowest BCUT2D eigenvalue weighted by molar-refractivity contribution is 0.393. The van der Waals surface area contributed by atoms with Crippen LogP contribution in [-0.4, -0.2) is 15.3 Å². The average molecular weight is 285 g/mol. The third-order valence-corrected chi connectivity index (χ3v) is 3.53. The Morgan fingerprint density at radius 3 is 2.05 bits per heavy atom. The van der Waals surface area contributed by atoms with E-state index in [1.54, 1.807) is 13.1 Å². The van der Waals surface area contributed by atoms with Gasteiger partial charge < -0.3 is 14.0 Å². The minimum absolute atomic E-state index is 0.181. The summed E-state index contributed by atoms with van der Waals surface area (Å²) in [6.07, 6.45) is 1.66. The SMILES string of the molecule is Cc1noc(C)c1-c1c[nH]c(=O)c(-c2c(C)noc2C)c1. The molecule has 0 saturated heterocycles. The van der Waals surface area contributed by atoms with E-state index in [0.717, 1.165) is 22.4 Å². The molecule has 0 aliphatic carbocycles. The fourth-order valence-corrected chi connectivity index (χ4v) is 2.58. The highest BCUT2D eigenvalue weighted by atomic mass is 16.5. The summed E-state index contributed by atoms with van der Waals surface area (Å²) in [6.45, 7) is 7.31. The van der Waals surface area contributed by atoms with Crippen molar-refractivity contribution in [2.24, 2.45) is 0 Å². The summed E-state index contributed by atoms with van der Waals surface area (Å²) >= 11 is 0. The summed E-state index contributed by atoms with van der Waals surface area (Å²) in [5, 5.41) is 7.85. The largest absolute Gasteiger partial charge is 0.361 e. The zero-order valence-electron chi connectivity index (χ0n) is 12.3.